The molecule has 1 N–H and O–H groups in total. The highest BCUT2D eigenvalue weighted by molar-refractivity contribution is 7.92. The Morgan fingerprint density at radius 2 is 1.81 bits per heavy atom. The summed E-state index contributed by atoms with van der Waals surface area (Å²) in [6, 6.07) is 10.1. The maximum absolute atomic E-state index is 13.2. The van der Waals surface area contributed by atoms with Crippen molar-refractivity contribution in [2.24, 2.45) is 0 Å². The first-order valence-electron chi connectivity index (χ1n) is 7.92. The number of rotatable bonds is 8. The van der Waals surface area contributed by atoms with E-state index in [9.17, 15) is 22.7 Å². The summed E-state index contributed by atoms with van der Waals surface area (Å²) in [4.78, 5) is 11.9. The number of benzene rings is 2. The second-order valence-corrected chi connectivity index (χ2v) is 7.49. The minimum absolute atomic E-state index is 0.0789. The van der Waals surface area contributed by atoms with Crippen LogP contribution in [0.25, 0.3) is 0 Å². The number of aliphatic carboxylic acids is 1. The molecule has 0 saturated heterocycles. The molecule has 0 amide bonds. The lowest BCUT2D eigenvalue weighted by Crippen LogP contribution is -2.46. The summed E-state index contributed by atoms with van der Waals surface area (Å²) in [6.45, 7) is 2.19. The van der Waals surface area contributed by atoms with Crippen LogP contribution in [0.3, 0.4) is 0 Å². The molecule has 0 spiro atoms. The van der Waals surface area contributed by atoms with E-state index >= 15 is 0 Å². The maximum Gasteiger partial charge on any atom is 0.327 e. The normalized spacial score (nSPS) is 12.4. The minimum atomic E-state index is -3.93. The fourth-order valence-electron chi connectivity index (χ4n) is 2.64. The molecule has 0 heterocycles. The van der Waals surface area contributed by atoms with Gasteiger partial charge in [0.1, 0.15) is 17.6 Å². The SMILES string of the molecule is CCOc1ccccc1CC(C(=O)O)N(c1ccc(F)cc1)S(C)(=O)=O. The van der Waals surface area contributed by atoms with Gasteiger partial charge in [0, 0.05) is 6.42 Å². The number of carboxylic acid groups (broad SMARTS) is 1. The van der Waals surface area contributed by atoms with Gasteiger partial charge in [0.2, 0.25) is 10.0 Å². The van der Waals surface area contributed by atoms with Crippen LogP contribution in [-0.4, -0.2) is 38.4 Å². The quantitative estimate of drug-likeness (QED) is 0.760. The van der Waals surface area contributed by atoms with Crippen molar-refractivity contribution in [1.82, 2.24) is 0 Å². The summed E-state index contributed by atoms with van der Waals surface area (Å²) < 4.78 is 44.1. The number of carbonyl (C=O) groups is 1. The number of ether oxygens (including phenoxy) is 1. The predicted octanol–water partition coefficient (Wildman–Crippen LogP) is 2.69. The van der Waals surface area contributed by atoms with Crippen molar-refractivity contribution in [3.8, 4) is 5.75 Å². The molecule has 6 nitrogen and oxygen atoms in total. The second-order valence-electron chi connectivity index (χ2n) is 5.63. The zero-order valence-corrected chi connectivity index (χ0v) is 15.2. The van der Waals surface area contributed by atoms with Gasteiger partial charge in [0.05, 0.1) is 18.6 Å². The highest BCUT2D eigenvalue weighted by atomic mass is 32.2. The van der Waals surface area contributed by atoms with Crippen LogP contribution in [0, 0.1) is 5.82 Å². The van der Waals surface area contributed by atoms with Gasteiger partial charge in [-0.05, 0) is 42.8 Å². The molecule has 1 unspecified atom stereocenters. The molecule has 0 aliphatic rings. The Morgan fingerprint density at radius 3 is 2.35 bits per heavy atom. The summed E-state index contributed by atoms with van der Waals surface area (Å²) in [7, 11) is -3.93. The summed E-state index contributed by atoms with van der Waals surface area (Å²) in [5, 5.41) is 9.68. The Bertz CT molecular complexity index is 867. The fraction of sp³-hybridized carbons (Fsp3) is 0.278. The molecular weight excluding hydrogens is 361 g/mol. The molecule has 2 aromatic rings. The molecule has 0 radical (unpaired) electrons. The highest BCUT2D eigenvalue weighted by Gasteiger charge is 2.33. The van der Waals surface area contributed by atoms with Crippen LogP contribution < -0.4 is 9.04 Å². The molecule has 0 aliphatic heterocycles. The molecular formula is C18H20FNO5S. The van der Waals surface area contributed by atoms with Gasteiger partial charge in [0.25, 0.3) is 0 Å². The zero-order valence-electron chi connectivity index (χ0n) is 14.4. The lowest BCUT2D eigenvalue weighted by atomic mass is 10.0. The van der Waals surface area contributed by atoms with Crippen LogP contribution in [0.4, 0.5) is 10.1 Å². The average Bonchev–Trinajstić information content (AvgIpc) is 2.56. The monoisotopic (exact) mass is 381 g/mol. The number of carboxylic acids is 1. The van der Waals surface area contributed by atoms with Crippen LogP contribution in [-0.2, 0) is 21.2 Å². The Kier molecular flexibility index (Phi) is 6.20. The van der Waals surface area contributed by atoms with Crippen molar-refractivity contribution >= 4 is 21.7 Å². The third-order valence-corrected chi connectivity index (χ3v) is 4.87. The second kappa shape index (κ2) is 8.18. The molecule has 2 rings (SSSR count). The van der Waals surface area contributed by atoms with Crippen LogP contribution in [0.15, 0.2) is 48.5 Å². The first-order chi connectivity index (χ1) is 12.2. The van der Waals surface area contributed by atoms with Gasteiger partial charge in [-0.15, -0.1) is 0 Å². The molecule has 0 aromatic heterocycles. The third kappa shape index (κ3) is 4.72. The van der Waals surface area contributed by atoms with Crippen molar-refractivity contribution in [1.29, 1.82) is 0 Å². The lowest BCUT2D eigenvalue weighted by molar-refractivity contribution is -0.138. The zero-order chi connectivity index (χ0) is 19.3. The van der Waals surface area contributed by atoms with Crippen molar-refractivity contribution < 1.29 is 27.4 Å². The molecule has 0 fully saturated rings. The Balaban J connectivity index is 2.48. The number of hydrogen-bond acceptors (Lipinski definition) is 4. The first-order valence-corrected chi connectivity index (χ1v) is 9.77. The molecule has 0 saturated carbocycles. The molecule has 140 valence electrons. The molecule has 2 aromatic carbocycles. The number of nitrogens with zero attached hydrogens (tertiary/aromatic N) is 1. The maximum atomic E-state index is 13.2. The van der Waals surface area contributed by atoms with Crippen molar-refractivity contribution in [2.75, 3.05) is 17.2 Å². The van der Waals surface area contributed by atoms with E-state index in [1.165, 1.54) is 12.1 Å². The lowest BCUT2D eigenvalue weighted by Gasteiger charge is -2.29. The van der Waals surface area contributed by atoms with Crippen molar-refractivity contribution in [3.05, 3.63) is 59.9 Å². The van der Waals surface area contributed by atoms with E-state index in [0.717, 1.165) is 22.7 Å². The van der Waals surface area contributed by atoms with Crippen LogP contribution >= 0.6 is 0 Å². The summed E-state index contributed by atoms with van der Waals surface area (Å²) in [6.07, 6.45) is 0.816. The van der Waals surface area contributed by atoms with E-state index in [1.54, 1.807) is 31.2 Å². The standard InChI is InChI=1S/C18H20FNO5S/c1-3-25-17-7-5-4-6-13(17)12-16(18(21)22)20(26(2,23)24)15-10-8-14(19)9-11-15/h4-11,16H,3,12H2,1-2H3,(H,21,22). The smallest absolute Gasteiger partial charge is 0.327 e. The minimum Gasteiger partial charge on any atom is -0.494 e. The fourth-order valence-corrected chi connectivity index (χ4v) is 3.77. The van der Waals surface area contributed by atoms with Gasteiger partial charge in [0.15, 0.2) is 0 Å². The van der Waals surface area contributed by atoms with Crippen LogP contribution in [0.2, 0.25) is 0 Å². The van der Waals surface area contributed by atoms with Gasteiger partial charge in [-0.25, -0.2) is 17.6 Å². The molecule has 1 atom stereocenters. The number of anilines is 1. The van der Waals surface area contributed by atoms with E-state index in [4.69, 9.17) is 4.74 Å². The average molecular weight is 381 g/mol. The van der Waals surface area contributed by atoms with Gasteiger partial charge < -0.3 is 9.84 Å². The molecule has 8 heteroatoms. The Morgan fingerprint density at radius 1 is 1.19 bits per heavy atom. The number of para-hydroxylation sites is 1. The number of sulfonamides is 1. The summed E-state index contributed by atoms with van der Waals surface area (Å²) in [5.74, 6) is -1.37. The summed E-state index contributed by atoms with van der Waals surface area (Å²) >= 11 is 0. The van der Waals surface area contributed by atoms with Crippen LogP contribution in [0.5, 0.6) is 5.75 Å². The highest BCUT2D eigenvalue weighted by Crippen LogP contribution is 2.26. The van der Waals surface area contributed by atoms with Gasteiger partial charge >= 0.3 is 5.97 Å². The van der Waals surface area contributed by atoms with E-state index in [-0.39, 0.29) is 12.1 Å². The van der Waals surface area contributed by atoms with Crippen molar-refractivity contribution in [2.45, 2.75) is 19.4 Å². The van der Waals surface area contributed by atoms with E-state index < -0.39 is 27.9 Å². The molecule has 0 bridgehead atoms. The number of hydrogen-bond donors (Lipinski definition) is 1. The number of halogens is 1. The van der Waals surface area contributed by atoms with Gasteiger partial charge in [-0.2, -0.15) is 0 Å². The summed E-state index contributed by atoms with van der Waals surface area (Å²) in [5.41, 5.74) is 0.646. The van der Waals surface area contributed by atoms with Gasteiger partial charge in [-0.3, -0.25) is 4.31 Å². The van der Waals surface area contributed by atoms with Crippen LogP contribution in [0.1, 0.15) is 12.5 Å². The molecule has 0 aliphatic carbocycles. The van der Waals surface area contributed by atoms with Crippen molar-refractivity contribution in [3.63, 3.8) is 0 Å². The first kappa shape index (κ1) is 19.7. The Hall–Kier alpha value is -2.61. The van der Waals surface area contributed by atoms with E-state index in [2.05, 4.69) is 0 Å². The van der Waals surface area contributed by atoms with Gasteiger partial charge in [-0.1, -0.05) is 18.2 Å². The Labute approximate surface area is 151 Å². The van der Waals surface area contributed by atoms with E-state index in [0.29, 0.717) is 17.9 Å². The van der Waals surface area contributed by atoms with E-state index in [1.807, 2.05) is 0 Å². The molecule has 26 heavy (non-hydrogen) atoms. The topological polar surface area (TPSA) is 83.9 Å². The predicted molar refractivity (Wildman–Crippen MR) is 96.5 cm³/mol. The largest absolute Gasteiger partial charge is 0.494 e. The third-order valence-electron chi connectivity index (χ3n) is 3.69.